The summed E-state index contributed by atoms with van der Waals surface area (Å²) in [6.45, 7) is 0.696. The highest BCUT2D eigenvalue weighted by Crippen LogP contribution is 2.30. The molecule has 0 fully saturated rings. The molecule has 2 aromatic rings. The van der Waals surface area contributed by atoms with Gasteiger partial charge in [0, 0.05) is 6.07 Å². The number of hydrogen-bond acceptors (Lipinski definition) is 5. The second-order valence-corrected chi connectivity index (χ2v) is 4.82. The Hall–Kier alpha value is -2.89. The second kappa shape index (κ2) is 8.67. The fraction of sp³-hybridized carbons (Fsp3) is 0.278. The molecule has 0 spiro atoms. The average molecular weight is 331 g/mol. The molecule has 0 unspecified atom stereocenters. The number of nitrogens with one attached hydrogen (secondary N) is 1. The number of ether oxygens (including phenoxy) is 4. The topological polar surface area (TPSA) is 66.0 Å². The predicted molar refractivity (Wildman–Crippen MR) is 90.4 cm³/mol. The van der Waals surface area contributed by atoms with Gasteiger partial charge in [-0.1, -0.05) is 12.1 Å². The second-order valence-electron chi connectivity index (χ2n) is 4.82. The van der Waals surface area contributed by atoms with Crippen molar-refractivity contribution in [3.8, 4) is 23.0 Å². The SMILES string of the molecule is COc1cccc(OCCNC(=O)c2cccc(OC)c2OC)c1. The maximum Gasteiger partial charge on any atom is 0.255 e. The van der Waals surface area contributed by atoms with Gasteiger partial charge in [-0.2, -0.15) is 0 Å². The van der Waals surface area contributed by atoms with Crippen molar-refractivity contribution in [2.75, 3.05) is 34.5 Å². The Morgan fingerprint density at radius 3 is 2.42 bits per heavy atom. The summed E-state index contributed by atoms with van der Waals surface area (Å²) >= 11 is 0. The van der Waals surface area contributed by atoms with Gasteiger partial charge >= 0.3 is 0 Å². The van der Waals surface area contributed by atoms with Crippen molar-refractivity contribution in [3.05, 3.63) is 48.0 Å². The summed E-state index contributed by atoms with van der Waals surface area (Å²) in [6, 6.07) is 12.4. The van der Waals surface area contributed by atoms with Gasteiger partial charge in [-0.05, 0) is 24.3 Å². The maximum absolute atomic E-state index is 12.3. The van der Waals surface area contributed by atoms with Crippen LogP contribution in [0, 0.1) is 0 Å². The number of benzene rings is 2. The van der Waals surface area contributed by atoms with Gasteiger partial charge in [-0.3, -0.25) is 4.79 Å². The van der Waals surface area contributed by atoms with E-state index >= 15 is 0 Å². The normalized spacial score (nSPS) is 9.96. The van der Waals surface area contributed by atoms with Crippen molar-refractivity contribution < 1.29 is 23.7 Å². The van der Waals surface area contributed by atoms with Crippen LogP contribution in [0.15, 0.2) is 42.5 Å². The van der Waals surface area contributed by atoms with Crippen LogP contribution in [0.5, 0.6) is 23.0 Å². The van der Waals surface area contributed by atoms with Crippen molar-refractivity contribution >= 4 is 5.91 Å². The van der Waals surface area contributed by atoms with Crippen molar-refractivity contribution in [2.45, 2.75) is 0 Å². The lowest BCUT2D eigenvalue weighted by molar-refractivity contribution is 0.0943. The largest absolute Gasteiger partial charge is 0.497 e. The Morgan fingerprint density at radius 2 is 1.71 bits per heavy atom. The molecule has 2 rings (SSSR count). The van der Waals surface area contributed by atoms with Gasteiger partial charge in [-0.25, -0.2) is 0 Å². The Balaban J connectivity index is 1.89. The van der Waals surface area contributed by atoms with E-state index in [0.29, 0.717) is 36.0 Å². The highest BCUT2D eigenvalue weighted by molar-refractivity contribution is 5.97. The van der Waals surface area contributed by atoms with E-state index in [1.165, 1.54) is 14.2 Å². The quantitative estimate of drug-likeness (QED) is 0.753. The lowest BCUT2D eigenvalue weighted by atomic mass is 10.1. The summed E-state index contributed by atoms with van der Waals surface area (Å²) in [4.78, 5) is 12.3. The molecule has 0 bridgehead atoms. The molecule has 24 heavy (non-hydrogen) atoms. The van der Waals surface area contributed by atoms with Crippen LogP contribution in [0.4, 0.5) is 0 Å². The molecule has 0 aliphatic heterocycles. The Morgan fingerprint density at radius 1 is 0.958 bits per heavy atom. The zero-order valence-electron chi connectivity index (χ0n) is 14.0. The van der Waals surface area contributed by atoms with Crippen LogP contribution < -0.4 is 24.3 Å². The molecule has 0 saturated heterocycles. The van der Waals surface area contributed by atoms with Gasteiger partial charge in [0.2, 0.25) is 0 Å². The fourth-order valence-corrected chi connectivity index (χ4v) is 2.19. The van der Waals surface area contributed by atoms with E-state index in [9.17, 15) is 4.79 Å². The number of carbonyl (C=O) groups excluding carboxylic acids is 1. The zero-order valence-corrected chi connectivity index (χ0v) is 14.0. The molecule has 0 heterocycles. The van der Waals surface area contributed by atoms with E-state index in [0.717, 1.165) is 5.75 Å². The summed E-state index contributed by atoms with van der Waals surface area (Å²) in [5.74, 6) is 2.07. The smallest absolute Gasteiger partial charge is 0.255 e. The molecule has 0 aliphatic rings. The monoisotopic (exact) mass is 331 g/mol. The van der Waals surface area contributed by atoms with E-state index in [-0.39, 0.29) is 5.91 Å². The van der Waals surface area contributed by atoms with E-state index in [4.69, 9.17) is 18.9 Å². The molecule has 128 valence electrons. The van der Waals surface area contributed by atoms with E-state index < -0.39 is 0 Å². The molecule has 0 aliphatic carbocycles. The van der Waals surface area contributed by atoms with Crippen LogP contribution in [0.2, 0.25) is 0 Å². The van der Waals surface area contributed by atoms with Crippen LogP contribution >= 0.6 is 0 Å². The van der Waals surface area contributed by atoms with Gasteiger partial charge < -0.3 is 24.3 Å². The fourth-order valence-electron chi connectivity index (χ4n) is 2.19. The number of carbonyl (C=O) groups is 1. The minimum absolute atomic E-state index is 0.250. The molecule has 0 saturated carbocycles. The first kappa shape index (κ1) is 17.5. The Kier molecular flexibility index (Phi) is 6.31. The first-order chi connectivity index (χ1) is 11.7. The summed E-state index contributed by atoms with van der Waals surface area (Å²) in [7, 11) is 4.63. The third-order valence-corrected chi connectivity index (χ3v) is 3.35. The standard InChI is InChI=1S/C18H21NO5/c1-21-13-6-4-7-14(12-13)24-11-10-19-18(20)15-8-5-9-16(22-2)17(15)23-3/h4-9,12H,10-11H2,1-3H3,(H,19,20). The minimum atomic E-state index is -0.250. The average Bonchev–Trinajstić information content (AvgIpc) is 2.64. The van der Waals surface area contributed by atoms with Gasteiger partial charge in [-0.15, -0.1) is 0 Å². The van der Waals surface area contributed by atoms with Crippen molar-refractivity contribution in [2.24, 2.45) is 0 Å². The molecule has 6 nitrogen and oxygen atoms in total. The molecule has 0 atom stereocenters. The maximum atomic E-state index is 12.3. The molecule has 0 aromatic heterocycles. The van der Waals surface area contributed by atoms with Gasteiger partial charge in [0.1, 0.15) is 18.1 Å². The summed E-state index contributed by atoms with van der Waals surface area (Å²) < 4.78 is 21.2. The molecule has 2 aromatic carbocycles. The summed E-state index contributed by atoms with van der Waals surface area (Å²) in [5, 5.41) is 2.79. The van der Waals surface area contributed by atoms with Crippen LogP contribution in [-0.2, 0) is 0 Å². The minimum Gasteiger partial charge on any atom is -0.497 e. The molecular formula is C18H21NO5. The lowest BCUT2D eigenvalue weighted by Crippen LogP contribution is -2.28. The van der Waals surface area contributed by atoms with Crippen molar-refractivity contribution in [3.63, 3.8) is 0 Å². The first-order valence-electron chi connectivity index (χ1n) is 7.45. The van der Waals surface area contributed by atoms with Crippen molar-refractivity contribution in [1.29, 1.82) is 0 Å². The van der Waals surface area contributed by atoms with Crippen LogP contribution in [-0.4, -0.2) is 40.4 Å². The van der Waals surface area contributed by atoms with E-state index in [1.54, 1.807) is 31.4 Å². The highest BCUT2D eigenvalue weighted by Gasteiger charge is 2.15. The molecule has 1 N–H and O–H groups in total. The molecule has 6 heteroatoms. The molecule has 0 radical (unpaired) electrons. The summed E-state index contributed by atoms with van der Waals surface area (Å²) in [5.41, 5.74) is 0.415. The number of methoxy groups -OCH3 is 3. The molecular weight excluding hydrogens is 310 g/mol. The van der Waals surface area contributed by atoms with Crippen LogP contribution in [0.1, 0.15) is 10.4 Å². The third kappa shape index (κ3) is 4.32. The highest BCUT2D eigenvalue weighted by atomic mass is 16.5. The number of para-hydroxylation sites is 1. The van der Waals surface area contributed by atoms with Crippen molar-refractivity contribution in [1.82, 2.24) is 5.32 Å². The number of rotatable bonds is 8. The predicted octanol–water partition coefficient (Wildman–Crippen LogP) is 2.52. The van der Waals surface area contributed by atoms with Gasteiger partial charge in [0.05, 0.1) is 33.4 Å². The van der Waals surface area contributed by atoms with Crippen LogP contribution in [0.25, 0.3) is 0 Å². The van der Waals surface area contributed by atoms with E-state index in [2.05, 4.69) is 5.32 Å². The Labute approximate surface area is 141 Å². The zero-order chi connectivity index (χ0) is 17.4. The number of hydrogen-bond donors (Lipinski definition) is 1. The number of amides is 1. The van der Waals surface area contributed by atoms with E-state index in [1.807, 2.05) is 18.2 Å². The van der Waals surface area contributed by atoms with Gasteiger partial charge in [0.25, 0.3) is 5.91 Å². The Bertz CT molecular complexity index is 687. The lowest BCUT2D eigenvalue weighted by Gasteiger charge is -2.13. The summed E-state index contributed by atoms with van der Waals surface area (Å²) in [6.07, 6.45) is 0. The first-order valence-corrected chi connectivity index (χ1v) is 7.45. The van der Waals surface area contributed by atoms with Gasteiger partial charge in [0.15, 0.2) is 11.5 Å². The van der Waals surface area contributed by atoms with Crippen LogP contribution in [0.3, 0.4) is 0 Å². The molecule has 1 amide bonds. The third-order valence-electron chi connectivity index (χ3n) is 3.35.